The first-order chi connectivity index (χ1) is 15.1. The van der Waals surface area contributed by atoms with Crippen molar-refractivity contribution in [3.8, 4) is 0 Å². The summed E-state index contributed by atoms with van der Waals surface area (Å²) in [6.07, 6.45) is 3.29. The maximum absolute atomic E-state index is 12.8. The van der Waals surface area contributed by atoms with Gasteiger partial charge in [0.25, 0.3) is 0 Å². The minimum absolute atomic E-state index is 0.164. The highest BCUT2D eigenvalue weighted by Gasteiger charge is 2.25. The number of carbonyl (C=O) groups excluding carboxylic acids is 1. The Morgan fingerprint density at radius 2 is 1.84 bits per heavy atom. The predicted octanol–water partition coefficient (Wildman–Crippen LogP) is 4.29. The van der Waals surface area contributed by atoms with Gasteiger partial charge in [0, 0.05) is 22.0 Å². The van der Waals surface area contributed by atoms with Gasteiger partial charge in [0.1, 0.15) is 15.7 Å². The van der Waals surface area contributed by atoms with Crippen molar-refractivity contribution in [1.82, 2.24) is 14.7 Å². The van der Waals surface area contributed by atoms with E-state index in [4.69, 9.17) is 0 Å². The molecular weight excluding hydrogens is 464 g/mol. The highest BCUT2D eigenvalue weighted by atomic mass is 32.2. The number of benzene rings is 1. The summed E-state index contributed by atoms with van der Waals surface area (Å²) in [4.78, 5) is 24.6. The summed E-state index contributed by atoms with van der Waals surface area (Å²) in [5.74, 6) is 0.543. The van der Waals surface area contributed by atoms with Gasteiger partial charge in [0.05, 0.1) is 10.1 Å². The Hall–Kier alpha value is -2.01. The first-order valence-electron chi connectivity index (χ1n) is 10.5. The van der Waals surface area contributed by atoms with Crippen LogP contribution in [0.4, 0.5) is 5.69 Å². The smallest absolute Gasteiger partial charge is 0.240 e. The van der Waals surface area contributed by atoms with E-state index in [0.717, 1.165) is 34.5 Å². The van der Waals surface area contributed by atoms with Crippen molar-refractivity contribution < 1.29 is 13.2 Å². The highest BCUT2D eigenvalue weighted by molar-refractivity contribution is 8.00. The van der Waals surface area contributed by atoms with Crippen molar-refractivity contribution in [3.63, 3.8) is 0 Å². The number of fused-ring (bicyclic) bond motifs is 3. The monoisotopic (exact) mass is 490 g/mol. The zero-order valence-electron chi connectivity index (χ0n) is 18.4. The van der Waals surface area contributed by atoms with Crippen LogP contribution in [0.1, 0.15) is 43.5 Å². The molecule has 0 aliphatic heterocycles. The van der Waals surface area contributed by atoms with Crippen LogP contribution in [0.5, 0.6) is 0 Å². The van der Waals surface area contributed by atoms with Gasteiger partial charge in [-0.15, -0.1) is 11.3 Å². The standard InChI is InChI=1S/C22H26N4O3S3/c1-12(2)26-32(28,29)16-10-8-15(9-11-16)25-20(27)13(3)30-21-19-17-6-5-7-18(17)31-22(19)24-14(4)23-21/h8-13,26H,5-7H2,1-4H3,(H,25,27)/t13-/m1/s1. The molecule has 2 N–H and O–H groups in total. The van der Waals surface area contributed by atoms with Crippen LogP contribution in [0, 0.1) is 6.92 Å². The average molecular weight is 491 g/mol. The SMILES string of the molecule is Cc1nc(S[C@H](C)C(=O)Nc2ccc(S(=O)(=O)NC(C)C)cc2)c2c3c(sc2n1)CCC3. The van der Waals surface area contributed by atoms with Gasteiger partial charge in [0.2, 0.25) is 15.9 Å². The molecule has 3 aromatic rings. The number of rotatable bonds is 7. The van der Waals surface area contributed by atoms with Crippen molar-refractivity contribution in [2.75, 3.05) is 5.32 Å². The number of amides is 1. The Bertz CT molecular complexity index is 1270. The summed E-state index contributed by atoms with van der Waals surface area (Å²) < 4.78 is 27.1. The minimum Gasteiger partial charge on any atom is -0.325 e. The minimum atomic E-state index is -3.57. The lowest BCUT2D eigenvalue weighted by molar-refractivity contribution is -0.115. The van der Waals surface area contributed by atoms with E-state index in [-0.39, 0.29) is 22.1 Å². The van der Waals surface area contributed by atoms with Gasteiger partial charge in [0.15, 0.2) is 0 Å². The molecule has 1 atom stereocenters. The maximum Gasteiger partial charge on any atom is 0.240 e. The Labute approximate surface area is 196 Å². The van der Waals surface area contributed by atoms with Gasteiger partial charge in [-0.1, -0.05) is 11.8 Å². The normalized spacial score (nSPS) is 14.7. The molecule has 0 saturated carbocycles. The quantitative estimate of drug-likeness (QED) is 0.378. The third kappa shape index (κ3) is 4.83. The number of thiophene rings is 1. The van der Waals surface area contributed by atoms with E-state index in [2.05, 4.69) is 20.0 Å². The van der Waals surface area contributed by atoms with E-state index in [1.807, 2.05) is 13.8 Å². The van der Waals surface area contributed by atoms with E-state index in [1.165, 1.54) is 34.3 Å². The third-order valence-electron chi connectivity index (χ3n) is 5.12. The van der Waals surface area contributed by atoms with Crippen LogP contribution in [0.2, 0.25) is 0 Å². The Morgan fingerprint density at radius 3 is 2.53 bits per heavy atom. The Morgan fingerprint density at radius 1 is 1.12 bits per heavy atom. The summed E-state index contributed by atoms with van der Waals surface area (Å²) in [6, 6.07) is 5.98. The third-order valence-corrected chi connectivity index (χ3v) is 9.07. The molecule has 2 heterocycles. The number of hydrogen-bond donors (Lipinski definition) is 2. The predicted molar refractivity (Wildman–Crippen MR) is 130 cm³/mol. The molecule has 0 spiro atoms. The summed E-state index contributed by atoms with van der Waals surface area (Å²) in [6.45, 7) is 7.26. The summed E-state index contributed by atoms with van der Waals surface area (Å²) in [5, 5.41) is 4.45. The van der Waals surface area contributed by atoms with Crippen LogP contribution in [-0.2, 0) is 27.7 Å². The molecule has 1 aliphatic carbocycles. The van der Waals surface area contributed by atoms with Crippen molar-refractivity contribution >= 4 is 54.9 Å². The van der Waals surface area contributed by atoms with Crippen molar-refractivity contribution in [2.45, 2.75) is 68.2 Å². The first kappa shape index (κ1) is 23.2. The average Bonchev–Trinajstić information content (AvgIpc) is 3.27. The van der Waals surface area contributed by atoms with Crippen LogP contribution in [-0.4, -0.2) is 35.6 Å². The van der Waals surface area contributed by atoms with Crippen molar-refractivity contribution in [2.24, 2.45) is 0 Å². The largest absolute Gasteiger partial charge is 0.325 e. The number of hydrogen-bond acceptors (Lipinski definition) is 7. The molecule has 1 aromatic carbocycles. The lowest BCUT2D eigenvalue weighted by Crippen LogP contribution is -2.30. The number of nitrogens with zero attached hydrogens (tertiary/aromatic N) is 2. The number of thioether (sulfide) groups is 1. The fourth-order valence-electron chi connectivity index (χ4n) is 3.71. The molecule has 32 heavy (non-hydrogen) atoms. The lowest BCUT2D eigenvalue weighted by atomic mass is 10.2. The number of nitrogens with one attached hydrogen (secondary N) is 2. The van der Waals surface area contributed by atoms with Gasteiger partial charge >= 0.3 is 0 Å². The van der Waals surface area contributed by atoms with Gasteiger partial charge in [-0.2, -0.15) is 0 Å². The van der Waals surface area contributed by atoms with Crippen LogP contribution in [0.15, 0.2) is 34.2 Å². The first-order valence-corrected chi connectivity index (χ1v) is 13.7. The van der Waals surface area contributed by atoms with Crippen LogP contribution in [0.3, 0.4) is 0 Å². The molecule has 0 radical (unpaired) electrons. The molecule has 10 heteroatoms. The fourth-order valence-corrected chi connectivity index (χ4v) is 7.36. The van der Waals surface area contributed by atoms with E-state index in [1.54, 1.807) is 37.3 Å². The molecule has 0 unspecified atom stereocenters. The molecule has 0 fully saturated rings. The van der Waals surface area contributed by atoms with Crippen molar-refractivity contribution in [1.29, 1.82) is 0 Å². The van der Waals surface area contributed by atoms with Gasteiger partial charge in [-0.3, -0.25) is 4.79 Å². The second-order valence-electron chi connectivity index (χ2n) is 8.16. The summed E-state index contributed by atoms with van der Waals surface area (Å²) in [5.41, 5.74) is 1.89. The maximum atomic E-state index is 12.8. The van der Waals surface area contributed by atoms with Crippen LogP contribution in [0.25, 0.3) is 10.2 Å². The molecule has 0 bridgehead atoms. The zero-order valence-corrected chi connectivity index (χ0v) is 20.9. The Balaban J connectivity index is 1.48. The highest BCUT2D eigenvalue weighted by Crippen LogP contribution is 2.41. The van der Waals surface area contributed by atoms with Crippen molar-refractivity contribution in [3.05, 3.63) is 40.5 Å². The number of aryl methyl sites for hydroxylation is 3. The van der Waals surface area contributed by atoms with Gasteiger partial charge in [-0.25, -0.2) is 23.1 Å². The molecule has 2 aromatic heterocycles. The summed E-state index contributed by atoms with van der Waals surface area (Å²) in [7, 11) is -3.57. The van der Waals surface area contributed by atoms with E-state index >= 15 is 0 Å². The van der Waals surface area contributed by atoms with E-state index < -0.39 is 10.0 Å². The van der Waals surface area contributed by atoms with Crippen LogP contribution >= 0.6 is 23.1 Å². The topological polar surface area (TPSA) is 101 Å². The van der Waals surface area contributed by atoms with Gasteiger partial charge in [-0.05, 0) is 76.8 Å². The summed E-state index contributed by atoms with van der Waals surface area (Å²) >= 11 is 3.18. The van der Waals surface area contributed by atoms with Crippen LogP contribution < -0.4 is 10.0 Å². The molecule has 1 amide bonds. The number of anilines is 1. The van der Waals surface area contributed by atoms with E-state index in [0.29, 0.717) is 11.5 Å². The Kier molecular flexibility index (Phi) is 6.58. The zero-order chi connectivity index (χ0) is 23.0. The van der Waals surface area contributed by atoms with E-state index in [9.17, 15) is 13.2 Å². The molecular formula is C22H26N4O3S3. The second-order valence-corrected chi connectivity index (χ2v) is 12.3. The second kappa shape index (κ2) is 9.09. The molecule has 1 aliphatic rings. The number of sulfonamides is 1. The molecule has 7 nitrogen and oxygen atoms in total. The lowest BCUT2D eigenvalue weighted by Gasteiger charge is -2.14. The molecule has 0 saturated heterocycles. The number of aromatic nitrogens is 2. The molecule has 4 rings (SSSR count). The molecule has 170 valence electrons. The fraction of sp³-hybridized carbons (Fsp3) is 0.409. The number of carbonyl (C=O) groups is 1. The van der Waals surface area contributed by atoms with Gasteiger partial charge < -0.3 is 5.32 Å².